The summed E-state index contributed by atoms with van der Waals surface area (Å²) in [6.45, 7) is 5.81. The molecule has 1 aromatic carbocycles. The van der Waals surface area contributed by atoms with E-state index < -0.39 is 17.7 Å². The van der Waals surface area contributed by atoms with E-state index in [-0.39, 0.29) is 17.2 Å². The molecule has 0 saturated heterocycles. The average Bonchev–Trinajstić information content (AvgIpc) is 2.82. The van der Waals surface area contributed by atoms with Crippen molar-refractivity contribution in [1.29, 1.82) is 0 Å². The van der Waals surface area contributed by atoms with E-state index in [0.717, 1.165) is 5.39 Å². The van der Waals surface area contributed by atoms with E-state index in [4.69, 9.17) is 0 Å². The molecule has 2 heterocycles. The first-order valence-corrected chi connectivity index (χ1v) is 7.50. The fraction of sp³-hybridized carbons (Fsp3) is 0.353. The number of amidine groups is 1. The van der Waals surface area contributed by atoms with Crippen molar-refractivity contribution in [3.63, 3.8) is 0 Å². The van der Waals surface area contributed by atoms with Crippen LogP contribution in [-0.4, -0.2) is 38.8 Å². The van der Waals surface area contributed by atoms with Crippen molar-refractivity contribution in [1.82, 2.24) is 10.3 Å². The predicted octanol–water partition coefficient (Wildman–Crippen LogP) is 2.02. The van der Waals surface area contributed by atoms with Crippen LogP contribution in [0.4, 0.5) is 0 Å². The Bertz CT molecular complexity index is 816. The van der Waals surface area contributed by atoms with Gasteiger partial charge in [0, 0.05) is 5.39 Å². The van der Waals surface area contributed by atoms with Crippen molar-refractivity contribution < 1.29 is 15.0 Å². The third kappa shape index (κ3) is 2.45. The number of hydrogen-bond donors (Lipinski definition) is 3. The van der Waals surface area contributed by atoms with Crippen LogP contribution in [0, 0.1) is 5.92 Å². The van der Waals surface area contributed by atoms with Gasteiger partial charge in [-0.15, -0.1) is 0 Å². The maximum Gasteiger partial charge on any atom is 0.338 e. The van der Waals surface area contributed by atoms with Crippen LogP contribution in [0.25, 0.3) is 10.9 Å². The first-order chi connectivity index (χ1) is 10.8. The standard InChI is InChI=1S/C17H19N3O3/c1-9(2)17(3)16(23)19-14(20-17)13-11(15(21)22)8-10-6-4-5-7-12(10)18-13/h4-9,16,23H,1-3H3,(H,19,20)(H,21,22)/t16-,17-/m1/s1. The summed E-state index contributed by atoms with van der Waals surface area (Å²) in [5.41, 5.74) is 0.345. The molecule has 0 unspecified atom stereocenters. The summed E-state index contributed by atoms with van der Waals surface area (Å²) < 4.78 is 0. The topological polar surface area (TPSA) is 94.8 Å². The number of fused-ring (bicyclic) bond motifs is 1. The normalized spacial score (nSPS) is 23.9. The number of rotatable bonds is 3. The van der Waals surface area contributed by atoms with Gasteiger partial charge in [-0.3, -0.25) is 0 Å². The molecule has 0 spiro atoms. The van der Waals surface area contributed by atoms with E-state index in [2.05, 4.69) is 15.3 Å². The highest BCUT2D eigenvalue weighted by atomic mass is 16.4. The Morgan fingerprint density at radius 1 is 1.35 bits per heavy atom. The number of pyridine rings is 1. The quantitative estimate of drug-likeness (QED) is 0.806. The molecule has 0 fully saturated rings. The third-order valence-electron chi connectivity index (χ3n) is 4.55. The second kappa shape index (κ2) is 5.31. The SMILES string of the molecule is CC(C)[C@@]1(C)NC(c2nc3ccccc3cc2C(=O)O)=N[C@@H]1O. The maximum atomic E-state index is 11.6. The molecular formula is C17H19N3O3. The first kappa shape index (κ1) is 15.4. The molecule has 0 bridgehead atoms. The van der Waals surface area contributed by atoms with Crippen LogP contribution in [0.5, 0.6) is 0 Å². The van der Waals surface area contributed by atoms with Gasteiger partial charge in [-0.25, -0.2) is 14.8 Å². The molecule has 3 N–H and O–H groups in total. The van der Waals surface area contributed by atoms with Gasteiger partial charge >= 0.3 is 5.97 Å². The van der Waals surface area contributed by atoms with Crippen molar-refractivity contribution in [2.45, 2.75) is 32.5 Å². The maximum absolute atomic E-state index is 11.6. The van der Waals surface area contributed by atoms with Gasteiger partial charge in [0.15, 0.2) is 12.1 Å². The Morgan fingerprint density at radius 2 is 2.04 bits per heavy atom. The summed E-state index contributed by atoms with van der Waals surface area (Å²) in [6.07, 6.45) is -0.951. The lowest BCUT2D eigenvalue weighted by Gasteiger charge is -2.32. The molecule has 0 saturated carbocycles. The minimum absolute atomic E-state index is 0.0650. The minimum Gasteiger partial charge on any atom is -0.478 e. The van der Waals surface area contributed by atoms with E-state index in [1.54, 1.807) is 6.07 Å². The van der Waals surface area contributed by atoms with Crippen LogP contribution in [0.15, 0.2) is 35.3 Å². The molecule has 1 aliphatic rings. The van der Waals surface area contributed by atoms with Crippen molar-refractivity contribution in [3.8, 4) is 0 Å². The zero-order chi connectivity index (χ0) is 16.8. The van der Waals surface area contributed by atoms with Gasteiger partial charge in [-0.1, -0.05) is 32.0 Å². The number of aromatic nitrogens is 1. The van der Waals surface area contributed by atoms with Crippen LogP contribution < -0.4 is 5.32 Å². The molecular weight excluding hydrogens is 294 g/mol. The number of carboxylic acid groups (broad SMARTS) is 1. The van der Waals surface area contributed by atoms with Crippen LogP contribution >= 0.6 is 0 Å². The fourth-order valence-electron chi connectivity index (χ4n) is 2.63. The summed E-state index contributed by atoms with van der Waals surface area (Å²) >= 11 is 0. The highest BCUT2D eigenvalue weighted by Gasteiger charge is 2.43. The Labute approximate surface area is 133 Å². The lowest BCUT2D eigenvalue weighted by molar-refractivity contribution is 0.0696. The molecule has 23 heavy (non-hydrogen) atoms. The number of hydrogen-bond acceptors (Lipinski definition) is 5. The number of nitrogens with zero attached hydrogens (tertiary/aromatic N) is 2. The minimum atomic E-state index is -1.07. The Kier molecular flexibility index (Phi) is 3.56. The number of nitrogens with one attached hydrogen (secondary N) is 1. The molecule has 3 rings (SSSR count). The Morgan fingerprint density at radius 3 is 2.65 bits per heavy atom. The lowest BCUT2D eigenvalue weighted by atomic mass is 9.87. The number of benzene rings is 1. The number of aromatic carboxylic acids is 1. The van der Waals surface area contributed by atoms with E-state index in [1.807, 2.05) is 45.0 Å². The highest BCUT2D eigenvalue weighted by molar-refractivity contribution is 6.09. The van der Waals surface area contributed by atoms with Crippen LogP contribution in [0.1, 0.15) is 36.8 Å². The molecule has 0 radical (unpaired) electrons. The van der Waals surface area contributed by atoms with Crippen molar-refractivity contribution in [3.05, 3.63) is 41.6 Å². The number of aliphatic imine (C=N–C) groups is 1. The Hall–Kier alpha value is -2.47. The Balaban J connectivity index is 2.15. The molecule has 6 nitrogen and oxygen atoms in total. The molecule has 120 valence electrons. The molecule has 0 amide bonds. The van der Waals surface area contributed by atoms with Gasteiger partial charge in [0.25, 0.3) is 0 Å². The van der Waals surface area contributed by atoms with Gasteiger partial charge in [0.1, 0.15) is 5.69 Å². The summed E-state index contributed by atoms with van der Waals surface area (Å²) in [5, 5.41) is 23.7. The van der Waals surface area contributed by atoms with Gasteiger partial charge in [-0.05, 0) is 25.0 Å². The number of aliphatic hydroxyl groups is 1. The summed E-state index contributed by atoms with van der Waals surface area (Å²) in [6, 6.07) is 8.89. The van der Waals surface area contributed by atoms with Crippen LogP contribution in [0.3, 0.4) is 0 Å². The molecule has 1 aliphatic heterocycles. The third-order valence-corrected chi connectivity index (χ3v) is 4.55. The monoisotopic (exact) mass is 313 g/mol. The van der Waals surface area contributed by atoms with Crippen LogP contribution in [-0.2, 0) is 0 Å². The number of carboxylic acids is 1. The fourth-order valence-corrected chi connectivity index (χ4v) is 2.63. The second-order valence-electron chi connectivity index (χ2n) is 6.30. The van der Waals surface area contributed by atoms with E-state index in [1.165, 1.54) is 0 Å². The molecule has 2 atom stereocenters. The van der Waals surface area contributed by atoms with Crippen molar-refractivity contribution in [2.24, 2.45) is 10.9 Å². The van der Waals surface area contributed by atoms with E-state index >= 15 is 0 Å². The number of aliphatic hydroxyl groups excluding tert-OH is 1. The first-order valence-electron chi connectivity index (χ1n) is 7.50. The summed E-state index contributed by atoms with van der Waals surface area (Å²) in [7, 11) is 0. The van der Waals surface area contributed by atoms with Gasteiger partial charge < -0.3 is 15.5 Å². The second-order valence-corrected chi connectivity index (χ2v) is 6.30. The molecule has 0 aliphatic carbocycles. The van der Waals surface area contributed by atoms with Gasteiger partial charge in [0.2, 0.25) is 0 Å². The lowest BCUT2D eigenvalue weighted by Crippen LogP contribution is -2.52. The number of carbonyl (C=O) groups is 1. The molecule has 1 aromatic heterocycles. The zero-order valence-electron chi connectivity index (χ0n) is 13.2. The average molecular weight is 313 g/mol. The van der Waals surface area contributed by atoms with Crippen molar-refractivity contribution >= 4 is 22.7 Å². The van der Waals surface area contributed by atoms with Crippen LogP contribution in [0.2, 0.25) is 0 Å². The molecule has 2 aromatic rings. The molecule has 6 heteroatoms. The summed E-state index contributed by atoms with van der Waals surface area (Å²) in [4.78, 5) is 20.3. The largest absolute Gasteiger partial charge is 0.478 e. The van der Waals surface area contributed by atoms with E-state index in [0.29, 0.717) is 11.4 Å². The number of para-hydroxylation sites is 1. The van der Waals surface area contributed by atoms with Crippen molar-refractivity contribution in [2.75, 3.05) is 0 Å². The predicted molar refractivity (Wildman–Crippen MR) is 87.6 cm³/mol. The van der Waals surface area contributed by atoms with E-state index in [9.17, 15) is 15.0 Å². The highest BCUT2D eigenvalue weighted by Crippen LogP contribution is 2.28. The van der Waals surface area contributed by atoms with Gasteiger partial charge in [0.05, 0.1) is 16.6 Å². The zero-order valence-corrected chi connectivity index (χ0v) is 13.2. The smallest absolute Gasteiger partial charge is 0.338 e. The van der Waals surface area contributed by atoms with Gasteiger partial charge in [-0.2, -0.15) is 0 Å². The summed E-state index contributed by atoms with van der Waals surface area (Å²) in [5.74, 6) is -0.653.